The number of nitrogen functional groups attached to an aromatic ring is 1. The summed E-state index contributed by atoms with van der Waals surface area (Å²) >= 11 is 0. The van der Waals surface area contributed by atoms with E-state index in [0.29, 0.717) is 0 Å². The zero-order valence-corrected chi connectivity index (χ0v) is 10.9. The van der Waals surface area contributed by atoms with Gasteiger partial charge in [0.05, 0.1) is 5.56 Å². The second kappa shape index (κ2) is 5.83. The van der Waals surface area contributed by atoms with Gasteiger partial charge in [0.2, 0.25) is 0 Å². The maximum atomic E-state index is 12.6. The van der Waals surface area contributed by atoms with Crippen LogP contribution in [0.3, 0.4) is 0 Å². The monoisotopic (exact) mass is 291 g/mol. The van der Waals surface area contributed by atoms with Crippen LogP contribution in [0.1, 0.15) is 21.5 Å². The number of rotatable bonds is 3. The Balaban J connectivity index is 2.43. The van der Waals surface area contributed by atoms with Crippen molar-refractivity contribution in [1.82, 2.24) is 0 Å². The molecule has 0 aromatic heterocycles. The van der Waals surface area contributed by atoms with Gasteiger partial charge in [-0.25, -0.2) is 0 Å². The molecule has 21 heavy (non-hydrogen) atoms. The van der Waals surface area contributed by atoms with Gasteiger partial charge in [0.1, 0.15) is 0 Å². The number of anilines is 1. The number of benzene rings is 2. The van der Waals surface area contributed by atoms with Crippen LogP contribution in [0, 0.1) is 0 Å². The van der Waals surface area contributed by atoms with Crippen LogP contribution >= 0.6 is 0 Å². The van der Waals surface area contributed by atoms with E-state index < -0.39 is 17.5 Å². The maximum Gasteiger partial charge on any atom is 0.454 e. The zero-order valence-electron chi connectivity index (χ0n) is 10.9. The van der Waals surface area contributed by atoms with Crippen molar-refractivity contribution in [2.24, 2.45) is 0 Å². The Bertz CT molecular complexity index is 676. The Labute approximate surface area is 119 Å². The molecule has 0 aliphatic rings. The van der Waals surface area contributed by atoms with Gasteiger partial charge in [0.25, 0.3) is 5.78 Å². The molecule has 0 heterocycles. The maximum absolute atomic E-state index is 12.6. The number of halogens is 3. The number of Topliss-reactive ketones (excluding diaryl/α,β-unsaturated/α-hetero) is 1. The fourth-order valence-corrected chi connectivity index (χ4v) is 1.88. The Morgan fingerprint density at radius 1 is 0.952 bits per heavy atom. The molecule has 0 radical (unpaired) electrons. The lowest BCUT2D eigenvalue weighted by Gasteiger charge is -2.10. The van der Waals surface area contributed by atoms with Crippen LogP contribution in [0.4, 0.5) is 18.9 Å². The van der Waals surface area contributed by atoms with Gasteiger partial charge in [-0.05, 0) is 17.2 Å². The molecule has 0 spiro atoms. The molecule has 0 saturated heterocycles. The SMILES string of the molecule is Nc1cccc(C=Cc2ccccc2)c1C(=O)C(F)(F)F. The van der Waals surface area contributed by atoms with Crippen LogP contribution in [0.15, 0.2) is 48.5 Å². The molecule has 0 amide bonds. The van der Waals surface area contributed by atoms with Gasteiger partial charge in [-0.3, -0.25) is 4.79 Å². The molecule has 0 aliphatic heterocycles. The third-order valence-electron chi connectivity index (χ3n) is 2.87. The highest BCUT2D eigenvalue weighted by Crippen LogP contribution is 2.28. The molecular weight excluding hydrogens is 279 g/mol. The summed E-state index contributed by atoms with van der Waals surface area (Å²) in [6.45, 7) is 0. The van der Waals surface area contributed by atoms with E-state index in [1.54, 1.807) is 30.3 Å². The smallest absolute Gasteiger partial charge is 0.398 e. The van der Waals surface area contributed by atoms with Gasteiger partial charge in [-0.15, -0.1) is 0 Å². The van der Waals surface area contributed by atoms with E-state index in [-0.39, 0.29) is 11.3 Å². The summed E-state index contributed by atoms with van der Waals surface area (Å²) in [5, 5.41) is 0. The summed E-state index contributed by atoms with van der Waals surface area (Å²) in [5.41, 5.74) is 5.78. The third-order valence-corrected chi connectivity index (χ3v) is 2.87. The van der Waals surface area contributed by atoms with Crippen LogP contribution in [-0.2, 0) is 0 Å². The van der Waals surface area contributed by atoms with Crippen molar-refractivity contribution in [3.63, 3.8) is 0 Å². The summed E-state index contributed by atoms with van der Waals surface area (Å²) in [7, 11) is 0. The first-order valence-electron chi connectivity index (χ1n) is 6.13. The zero-order chi connectivity index (χ0) is 15.5. The van der Waals surface area contributed by atoms with E-state index in [1.165, 1.54) is 24.3 Å². The molecule has 0 fully saturated rings. The minimum absolute atomic E-state index is 0.140. The molecule has 2 aromatic rings. The van der Waals surface area contributed by atoms with Crippen LogP contribution in [-0.4, -0.2) is 12.0 Å². The van der Waals surface area contributed by atoms with Crippen molar-refractivity contribution >= 4 is 23.6 Å². The summed E-state index contributed by atoms with van der Waals surface area (Å²) in [5.74, 6) is -1.94. The lowest BCUT2D eigenvalue weighted by atomic mass is 10.00. The van der Waals surface area contributed by atoms with Gasteiger partial charge in [0.15, 0.2) is 0 Å². The molecule has 0 saturated carbocycles. The second-order valence-electron chi connectivity index (χ2n) is 4.38. The van der Waals surface area contributed by atoms with Gasteiger partial charge < -0.3 is 5.73 Å². The molecule has 2 N–H and O–H groups in total. The number of alkyl halides is 3. The molecule has 0 unspecified atom stereocenters. The van der Waals surface area contributed by atoms with Crippen molar-refractivity contribution in [2.45, 2.75) is 6.18 Å². The van der Waals surface area contributed by atoms with Crippen LogP contribution in [0.5, 0.6) is 0 Å². The molecule has 0 aliphatic carbocycles. The second-order valence-corrected chi connectivity index (χ2v) is 4.38. The highest BCUT2D eigenvalue weighted by molar-refractivity contribution is 6.07. The summed E-state index contributed by atoms with van der Waals surface area (Å²) in [6.07, 6.45) is -1.88. The van der Waals surface area contributed by atoms with Crippen molar-refractivity contribution < 1.29 is 18.0 Å². The number of hydrogen-bond acceptors (Lipinski definition) is 2. The Kier molecular flexibility index (Phi) is 4.12. The van der Waals surface area contributed by atoms with Crippen molar-refractivity contribution in [3.8, 4) is 0 Å². The van der Waals surface area contributed by atoms with Crippen molar-refractivity contribution in [1.29, 1.82) is 0 Å². The minimum Gasteiger partial charge on any atom is -0.398 e. The summed E-state index contributed by atoms with van der Waals surface area (Å²) in [6, 6.07) is 13.3. The first-order chi connectivity index (χ1) is 9.89. The predicted molar refractivity (Wildman–Crippen MR) is 76.6 cm³/mol. The minimum atomic E-state index is -4.95. The van der Waals surface area contributed by atoms with E-state index in [9.17, 15) is 18.0 Å². The van der Waals surface area contributed by atoms with Gasteiger partial charge in [0, 0.05) is 5.69 Å². The molecule has 108 valence electrons. The predicted octanol–water partition coefficient (Wildman–Crippen LogP) is 4.18. The van der Waals surface area contributed by atoms with Crippen molar-refractivity contribution in [3.05, 3.63) is 65.2 Å². The Hall–Kier alpha value is -2.56. The van der Waals surface area contributed by atoms with E-state index in [0.717, 1.165) is 5.56 Å². The van der Waals surface area contributed by atoms with Crippen LogP contribution in [0.25, 0.3) is 12.2 Å². The highest BCUT2D eigenvalue weighted by Gasteiger charge is 2.41. The fraction of sp³-hybridized carbons (Fsp3) is 0.0625. The third kappa shape index (κ3) is 3.51. The molecule has 2 rings (SSSR count). The molecular formula is C16H12F3NO. The van der Waals surface area contributed by atoms with E-state index in [4.69, 9.17) is 5.73 Å². The average Bonchev–Trinajstić information content (AvgIpc) is 2.44. The number of carbonyl (C=O) groups excluding carboxylic acids is 1. The fourth-order valence-electron chi connectivity index (χ4n) is 1.88. The van der Waals surface area contributed by atoms with Gasteiger partial charge in [-0.2, -0.15) is 13.2 Å². The summed E-state index contributed by atoms with van der Waals surface area (Å²) < 4.78 is 37.9. The molecule has 0 bridgehead atoms. The van der Waals surface area contributed by atoms with E-state index >= 15 is 0 Å². The highest BCUT2D eigenvalue weighted by atomic mass is 19.4. The standard InChI is InChI=1S/C16H12F3NO/c17-16(18,19)15(21)14-12(7-4-8-13(14)20)10-9-11-5-2-1-3-6-11/h1-10H,20H2. The largest absolute Gasteiger partial charge is 0.454 e. The van der Waals surface area contributed by atoms with Crippen molar-refractivity contribution in [2.75, 3.05) is 5.73 Å². The number of nitrogens with two attached hydrogens (primary N) is 1. The molecule has 0 atom stereocenters. The summed E-state index contributed by atoms with van der Waals surface area (Å²) in [4.78, 5) is 11.5. The topological polar surface area (TPSA) is 43.1 Å². The van der Waals surface area contributed by atoms with Crippen LogP contribution < -0.4 is 5.73 Å². The van der Waals surface area contributed by atoms with Gasteiger partial charge >= 0.3 is 6.18 Å². The number of carbonyl (C=O) groups is 1. The Morgan fingerprint density at radius 2 is 1.62 bits per heavy atom. The van der Waals surface area contributed by atoms with Crippen LogP contribution in [0.2, 0.25) is 0 Å². The Morgan fingerprint density at radius 3 is 2.24 bits per heavy atom. The lowest BCUT2D eigenvalue weighted by Crippen LogP contribution is -2.24. The quantitative estimate of drug-likeness (QED) is 0.523. The molecule has 5 heteroatoms. The normalized spacial score (nSPS) is 11.8. The van der Waals surface area contributed by atoms with E-state index in [1.807, 2.05) is 6.07 Å². The average molecular weight is 291 g/mol. The lowest BCUT2D eigenvalue weighted by molar-refractivity contribution is -0.0884. The van der Waals surface area contributed by atoms with E-state index in [2.05, 4.69) is 0 Å². The van der Waals surface area contributed by atoms with Gasteiger partial charge in [-0.1, -0.05) is 54.6 Å². The first-order valence-corrected chi connectivity index (χ1v) is 6.13. The number of hydrogen-bond donors (Lipinski definition) is 1. The molecule has 2 aromatic carbocycles. The molecule has 2 nitrogen and oxygen atoms in total. The first kappa shape index (κ1) is 14.8. The number of ketones is 1.